The number of halogens is 2. The first-order valence-corrected chi connectivity index (χ1v) is 6.66. The lowest BCUT2D eigenvalue weighted by molar-refractivity contribution is -0.384. The van der Waals surface area contributed by atoms with E-state index in [1.807, 2.05) is 13.8 Å². The van der Waals surface area contributed by atoms with Crippen LogP contribution in [0.15, 0.2) is 16.6 Å². The number of hydrogen-bond donors (Lipinski definition) is 1. The number of nitrogens with one attached hydrogen (secondary N) is 1. The zero-order valence-electron chi connectivity index (χ0n) is 10.8. The number of nitro benzene ring substituents is 1. The summed E-state index contributed by atoms with van der Waals surface area (Å²) >= 11 is 2.93. The topological polar surface area (TPSA) is 64.4 Å². The third kappa shape index (κ3) is 5.12. The first kappa shape index (κ1) is 15.8. The van der Waals surface area contributed by atoms with Gasteiger partial charge in [-0.1, -0.05) is 13.8 Å². The minimum Gasteiger partial charge on any atom is -0.379 e. The van der Waals surface area contributed by atoms with Crippen molar-refractivity contribution in [2.24, 2.45) is 5.92 Å². The summed E-state index contributed by atoms with van der Waals surface area (Å²) in [6.45, 7) is 5.48. The van der Waals surface area contributed by atoms with Gasteiger partial charge in [-0.2, -0.15) is 0 Å². The van der Waals surface area contributed by atoms with Gasteiger partial charge in [0.05, 0.1) is 16.0 Å². The van der Waals surface area contributed by atoms with Gasteiger partial charge in [0.2, 0.25) is 0 Å². The molecule has 0 bridgehead atoms. The summed E-state index contributed by atoms with van der Waals surface area (Å²) in [4.78, 5) is 10.3. The highest BCUT2D eigenvalue weighted by atomic mass is 79.9. The molecule has 0 saturated heterocycles. The number of benzene rings is 1. The van der Waals surface area contributed by atoms with E-state index in [1.54, 1.807) is 0 Å². The first-order valence-electron chi connectivity index (χ1n) is 5.87. The molecule has 0 unspecified atom stereocenters. The van der Waals surface area contributed by atoms with Crippen LogP contribution in [0.5, 0.6) is 0 Å². The minimum atomic E-state index is -0.554. The molecule has 7 heteroatoms. The first-order chi connectivity index (χ1) is 8.91. The van der Waals surface area contributed by atoms with Crippen LogP contribution in [0.2, 0.25) is 0 Å². The average Bonchev–Trinajstić information content (AvgIpc) is 2.32. The molecule has 106 valence electrons. The molecule has 0 atom stereocenters. The third-order valence-electron chi connectivity index (χ3n) is 2.25. The molecule has 1 aromatic rings. The zero-order chi connectivity index (χ0) is 14.4. The molecule has 1 rings (SSSR count). The van der Waals surface area contributed by atoms with E-state index in [2.05, 4.69) is 21.2 Å². The molecule has 0 radical (unpaired) electrons. The normalized spacial score (nSPS) is 10.8. The lowest BCUT2D eigenvalue weighted by Gasteiger charge is -2.09. The van der Waals surface area contributed by atoms with Crippen LogP contribution in [0.4, 0.5) is 15.8 Å². The van der Waals surface area contributed by atoms with Gasteiger partial charge in [-0.05, 0) is 21.8 Å². The van der Waals surface area contributed by atoms with E-state index in [9.17, 15) is 14.5 Å². The van der Waals surface area contributed by atoms with Gasteiger partial charge in [-0.3, -0.25) is 10.1 Å². The Morgan fingerprint density at radius 3 is 2.79 bits per heavy atom. The molecule has 0 heterocycles. The molecule has 1 aromatic carbocycles. The van der Waals surface area contributed by atoms with Crippen molar-refractivity contribution < 1.29 is 14.1 Å². The summed E-state index contributed by atoms with van der Waals surface area (Å²) in [6, 6.07) is 2.25. The molecule has 0 spiro atoms. The van der Waals surface area contributed by atoms with Crippen LogP contribution in [0.25, 0.3) is 0 Å². The van der Waals surface area contributed by atoms with Gasteiger partial charge in [-0.25, -0.2) is 4.39 Å². The van der Waals surface area contributed by atoms with Crippen LogP contribution in [0.3, 0.4) is 0 Å². The second kappa shape index (κ2) is 7.40. The number of rotatable bonds is 7. The predicted octanol–water partition coefficient (Wildman–Crippen LogP) is 3.58. The highest BCUT2D eigenvalue weighted by molar-refractivity contribution is 9.10. The van der Waals surface area contributed by atoms with Gasteiger partial charge in [0.1, 0.15) is 11.5 Å². The minimum absolute atomic E-state index is 0.0702. The van der Waals surface area contributed by atoms with Crippen LogP contribution in [0.1, 0.15) is 13.8 Å². The predicted molar refractivity (Wildman–Crippen MR) is 74.9 cm³/mol. The van der Waals surface area contributed by atoms with Crippen LogP contribution < -0.4 is 5.32 Å². The Labute approximate surface area is 119 Å². The van der Waals surface area contributed by atoms with E-state index < -0.39 is 10.7 Å². The maximum atomic E-state index is 13.4. The Balaban J connectivity index is 2.62. The molecule has 0 amide bonds. The quantitative estimate of drug-likeness (QED) is 0.470. The summed E-state index contributed by atoms with van der Waals surface area (Å²) in [7, 11) is 0. The fourth-order valence-corrected chi connectivity index (χ4v) is 1.74. The van der Waals surface area contributed by atoms with Crippen molar-refractivity contribution in [2.75, 3.05) is 25.1 Å². The molecular weight excluding hydrogens is 319 g/mol. The number of hydrogen-bond acceptors (Lipinski definition) is 4. The van der Waals surface area contributed by atoms with Crippen molar-refractivity contribution in [1.82, 2.24) is 0 Å². The van der Waals surface area contributed by atoms with E-state index in [0.29, 0.717) is 25.7 Å². The Morgan fingerprint density at radius 1 is 1.53 bits per heavy atom. The second-order valence-electron chi connectivity index (χ2n) is 4.44. The summed E-state index contributed by atoms with van der Waals surface area (Å²) in [5.41, 5.74) is -0.0176. The van der Waals surface area contributed by atoms with Crippen molar-refractivity contribution in [2.45, 2.75) is 13.8 Å². The van der Waals surface area contributed by atoms with E-state index >= 15 is 0 Å². The Morgan fingerprint density at radius 2 is 2.21 bits per heavy atom. The van der Waals surface area contributed by atoms with Crippen molar-refractivity contribution in [3.8, 4) is 0 Å². The molecule has 0 aliphatic rings. The van der Waals surface area contributed by atoms with Crippen LogP contribution >= 0.6 is 15.9 Å². The van der Waals surface area contributed by atoms with Gasteiger partial charge >= 0.3 is 0 Å². The summed E-state index contributed by atoms with van der Waals surface area (Å²) in [5.74, 6) is -0.115. The van der Waals surface area contributed by atoms with Crippen molar-refractivity contribution in [3.63, 3.8) is 0 Å². The Hall–Kier alpha value is -1.21. The van der Waals surface area contributed by atoms with E-state index in [0.717, 1.165) is 12.1 Å². The van der Waals surface area contributed by atoms with Gasteiger partial charge in [0.25, 0.3) is 5.69 Å². The molecule has 1 N–H and O–H groups in total. The van der Waals surface area contributed by atoms with Gasteiger partial charge in [0.15, 0.2) is 0 Å². The second-order valence-corrected chi connectivity index (χ2v) is 5.29. The molecule has 0 fully saturated rings. The smallest absolute Gasteiger partial charge is 0.293 e. The molecule has 19 heavy (non-hydrogen) atoms. The SMILES string of the molecule is CC(C)COCCNc1cc(F)c(Br)cc1[N+](=O)[O-]. The van der Waals surface area contributed by atoms with E-state index in [4.69, 9.17) is 4.74 Å². The fraction of sp³-hybridized carbons (Fsp3) is 0.500. The van der Waals surface area contributed by atoms with E-state index in [-0.39, 0.29) is 15.8 Å². The van der Waals surface area contributed by atoms with Gasteiger partial charge in [-0.15, -0.1) is 0 Å². The monoisotopic (exact) mass is 334 g/mol. The van der Waals surface area contributed by atoms with Crippen molar-refractivity contribution in [3.05, 3.63) is 32.5 Å². The summed E-state index contributed by atoms with van der Waals surface area (Å²) in [6.07, 6.45) is 0. The van der Waals surface area contributed by atoms with Gasteiger partial charge < -0.3 is 10.1 Å². The Bertz CT molecular complexity index is 455. The largest absolute Gasteiger partial charge is 0.379 e. The lowest BCUT2D eigenvalue weighted by Crippen LogP contribution is -2.13. The standard InChI is InChI=1S/C12H16BrFN2O3/c1-8(2)7-19-4-3-15-11-6-10(14)9(13)5-12(11)16(17)18/h5-6,8,15H,3-4,7H2,1-2H3. The molecule has 5 nitrogen and oxygen atoms in total. The average molecular weight is 335 g/mol. The van der Waals surface area contributed by atoms with E-state index in [1.165, 1.54) is 0 Å². The third-order valence-corrected chi connectivity index (χ3v) is 2.86. The number of nitro groups is 1. The molecule has 0 aliphatic carbocycles. The number of anilines is 1. The van der Waals surface area contributed by atoms with Crippen molar-refractivity contribution >= 4 is 27.3 Å². The highest BCUT2D eigenvalue weighted by Crippen LogP contribution is 2.30. The Kier molecular flexibility index (Phi) is 6.17. The molecule has 0 saturated carbocycles. The maximum Gasteiger partial charge on any atom is 0.293 e. The van der Waals surface area contributed by atoms with Crippen molar-refractivity contribution in [1.29, 1.82) is 0 Å². The highest BCUT2D eigenvalue weighted by Gasteiger charge is 2.17. The number of ether oxygens (including phenoxy) is 1. The summed E-state index contributed by atoms with van der Waals surface area (Å²) < 4.78 is 18.8. The molecule has 0 aromatic heterocycles. The van der Waals surface area contributed by atoms with Crippen LogP contribution in [-0.2, 0) is 4.74 Å². The fourth-order valence-electron chi connectivity index (χ4n) is 1.41. The van der Waals surface area contributed by atoms with Crippen LogP contribution in [0, 0.1) is 21.8 Å². The molecular formula is C12H16BrFN2O3. The molecule has 0 aliphatic heterocycles. The van der Waals surface area contributed by atoms with Crippen LogP contribution in [-0.4, -0.2) is 24.7 Å². The maximum absolute atomic E-state index is 13.4. The lowest BCUT2D eigenvalue weighted by atomic mass is 10.2. The number of nitrogens with zero attached hydrogens (tertiary/aromatic N) is 1. The zero-order valence-corrected chi connectivity index (χ0v) is 12.4. The summed E-state index contributed by atoms with van der Waals surface area (Å²) in [5, 5.41) is 13.7. The van der Waals surface area contributed by atoms with Gasteiger partial charge in [0, 0.05) is 25.3 Å².